The van der Waals surface area contributed by atoms with Gasteiger partial charge in [-0.2, -0.15) is 0 Å². The van der Waals surface area contributed by atoms with Crippen molar-refractivity contribution in [2.24, 2.45) is 17.3 Å². The Bertz CT molecular complexity index is 1350. The molecule has 1 spiro atoms. The Morgan fingerprint density at radius 2 is 1.60 bits per heavy atom. The fourth-order valence-electron chi connectivity index (χ4n) is 7.49. The first-order chi connectivity index (χ1) is 19.9. The normalized spacial score (nSPS) is 32.6. The molecule has 1 aliphatic heterocycles. The lowest BCUT2D eigenvalue weighted by Gasteiger charge is -2.61. The zero-order valence-electron chi connectivity index (χ0n) is 24.5. The van der Waals surface area contributed by atoms with Crippen molar-refractivity contribution in [2.75, 3.05) is 6.61 Å². The minimum absolute atomic E-state index is 0.109. The Balaban J connectivity index is 1.70. The SMILES string of the molecule is CC(=O)O[C@@H]1[C@@H](OC(=O)c2ccccc2)[C@]2(COC(=O)c3cccnc3)[C@@H](OC(C)=O)CC[C@@H](C)[C@@]23C[C@@H]1C(C)(C)O3. The first-order valence-corrected chi connectivity index (χ1v) is 14.3. The smallest absolute Gasteiger partial charge is 0.339 e. The summed E-state index contributed by atoms with van der Waals surface area (Å²) in [4.78, 5) is 56.1. The molecule has 0 amide bonds. The Labute approximate surface area is 245 Å². The monoisotopic (exact) mass is 579 g/mol. The average molecular weight is 580 g/mol. The third-order valence-electron chi connectivity index (χ3n) is 9.28. The van der Waals surface area contributed by atoms with Gasteiger partial charge in [0.1, 0.15) is 24.2 Å². The summed E-state index contributed by atoms with van der Waals surface area (Å²) >= 11 is 0. The molecule has 0 N–H and O–H groups in total. The Morgan fingerprint density at radius 1 is 0.905 bits per heavy atom. The summed E-state index contributed by atoms with van der Waals surface area (Å²) < 4.78 is 31.3. The van der Waals surface area contributed by atoms with Gasteiger partial charge >= 0.3 is 23.9 Å². The van der Waals surface area contributed by atoms with Gasteiger partial charge in [0.15, 0.2) is 6.10 Å². The number of esters is 4. The van der Waals surface area contributed by atoms with Crippen LogP contribution in [0.3, 0.4) is 0 Å². The standard InChI is InChI=1S/C32H37NO9/c1-19-13-14-25(39-20(2)34)31(18-38-28(36)23-12-9-15-33-17-23)27(41-29(37)22-10-7-6-8-11-22)26(40-21(3)35)24-16-32(19,31)42-30(24,4)5/h6-12,15,17,19,24-27H,13-14,16,18H2,1-5H3/t19-,24+,25+,26+,27-,31+,32+/m1/s1. The maximum atomic E-state index is 13.7. The minimum atomic E-state index is -1.41. The molecule has 0 radical (unpaired) electrons. The number of pyridine rings is 1. The third-order valence-corrected chi connectivity index (χ3v) is 9.28. The van der Waals surface area contributed by atoms with E-state index in [1.54, 1.807) is 48.7 Å². The van der Waals surface area contributed by atoms with Gasteiger partial charge in [0.2, 0.25) is 0 Å². The molecule has 2 heterocycles. The minimum Gasteiger partial charge on any atom is -0.462 e. The molecule has 2 aromatic rings. The van der Waals surface area contributed by atoms with Crippen LogP contribution in [-0.2, 0) is 33.3 Å². The topological polar surface area (TPSA) is 127 Å². The number of hydrogen-bond acceptors (Lipinski definition) is 10. The van der Waals surface area contributed by atoms with E-state index in [0.29, 0.717) is 24.8 Å². The van der Waals surface area contributed by atoms with Crippen LogP contribution in [-0.4, -0.2) is 65.0 Å². The second-order valence-corrected chi connectivity index (χ2v) is 12.1. The summed E-state index contributed by atoms with van der Waals surface area (Å²) in [5.41, 5.74) is -2.76. The molecule has 1 aromatic carbocycles. The van der Waals surface area contributed by atoms with E-state index in [0.717, 1.165) is 0 Å². The van der Waals surface area contributed by atoms with Crippen LogP contribution in [0.4, 0.5) is 0 Å². The first kappa shape index (κ1) is 29.7. The molecule has 0 unspecified atom stereocenters. The molecule has 2 bridgehead atoms. The fraction of sp³-hybridized carbons (Fsp3) is 0.531. The van der Waals surface area contributed by atoms with Crippen LogP contribution >= 0.6 is 0 Å². The maximum Gasteiger partial charge on any atom is 0.339 e. The lowest BCUT2D eigenvalue weighted by Crippen LogP contribution is -2.74. The predicted octanol–water partition coefficient (Wildman–Crippen LogP) is 4.31. The summed E-state index contributed by atoms with van der Waals surface area (Å²) in [5, 5.41) is 0. The Kier molecular flexibility index (Phi) is 7.87. The highest BCUT2D eigenvalue weighted by Gasteiger charge is 2.79. The van der Waals surface area contributed by atoms with E-state index in [9.17, 15) is 19.2 Å². The van der Waals surface area contributed by atoms with Crippen LogP contribution in [0.5, 0.6) is 0 Å². The van der Waals surface area contributed by atoms with Crippen molar-refractivity contribution in [3.8, 4) is 0 Å². The van der Waals surface area contributed by atoms with Crippen molar-refractivity contribution in [1.29, 1.82) is 0 Å². The number of rotatable bonds is 7. The average Bonchev–Trinajstić information content (AvgIpc) is 3.22. The van der Waals surface area contributed by atoms with Gasteiger partial charge in [-0.1, -0.05) is 25.1 Å². The first-order valence-electron chi connectivity index (χ1n) is 14.3. The zero-order chi connectivity index (χ0) is 30.3. The predicted molar refractivity (Wildman–Crippen MR) is 148 cm³/mol. The van der Waals surface area contributed by atoms with E-state index in [1.807, 2.05) is 20.8 Å². The maximum absolute atomic E-state index is 13.7. The van der Waals surface area contributed by atoms with Gasteiger partial charge < -0.3 is 23.7 Å². The van der Waals surface area contributed by atoms with E-state index < -0.39 is 58.8 Å². The second kappa shape index (κ2) is 11.1. The lowest BCUT2D eigenvalue weighted by molar-refractivity contribution is -0.286. The number of carbonyl (C=O) groups excluding carboxylic acids is 4. The molecule has 1 aromatic heterocycles. The Morgan fingerprint density at radius 3 is 2.24 bits per heavy atom. The largest absolute Gasteiger partial charge is 0.462 e. The van der Waals surface area contributed by atoms with Crippen LogP contribution in [0.2, 0.25) is 0 Å². The van der Waals surface area contributed by atoms with Gasteiger partial charge in [0.25, 0.3) is 0 Å². The highest BCUT2D eigenvalue weighted by atomic mass is 16.6. The van der Waals surface area contributed by atoms with Crippen molar-refractivity contribution < 1.29 is 42.9 Å². The third kappa shape index (κ3) is 4.95. The van der Waals surface area contributed by atoms with Crippen molar-refractivity contribution in [3.63, 3.8) is 0 Å². The summed E-state index contributed by atoms with van der Waals surface area (Å²) in [6.45, 7) is 8.15. The van der Waals surface area contributed by atoms with E-state index >= 15 is 0 Å². The molecule has 2 saturated carbocycles. The van der Waals surface area contributed by atoms with Crippen molar-refractivity contribution in [3.05, 3.63) is 66.0 Å². The molecular weight excluding hydrogens is 542 g/mol. The van der Waals surface area contributed by atoms with Crippen LogP contribution in [0.15, 0.2) is 54.9 Å². The van der Waals surface area contributed by atoms with Gasteiger partial charge in [-0.25, -0.2) is 9.59 Å². The quantitative estimate of drug-likeness (QED) is 0.346. The molecule has 3 fully saturated rings. The number of nitrogens with zero attached hydrogens (tertiary/aromatic N) is 1. The molecule has 5 rings (SSSR count). The number of fused-ring (bicyclic) bond motifs is 1. The van der Waals surface area contributed by atoms with Gasteiger partial charge in [-0.05, 0) is 63.3 Å². The molecule has 7 atom stereocenters. The zero-order valence-corrected chi connectivity index (χ0v) is 24.5. The van der Waals surface area contributed by atoms with Crippen LogP contribution in [0, 0.1) is 17.3 Å². The van der Waals surface area contributed by atoms with Gasteiger partial charge in [-0.15, -0.1) is 0 Å². The summed E-state index contributed by atoms with van der Waals surface area (Å²) in [6, 6.07) is 11.7. The van der Waals surface area contributed by atoms with Gasteiger partial charge in [-0.3, -0.25) is 14.6 Å². The molecule has 10 nitrogen and oxygen atoms in total. The number of carbonyl (C=O) groups is 4. The molecule has 3 aliphatic rings. The molecule has 42 heavy (non-hydrogen) atoms. The molecule has 2 aliphatic carbocycles. The van der Waals surface area contributed by atoms with Crippen molar-refractivity contribution in [1.82, 2.24) is 4.98 Å². The molecular formula is C32H37NO9. The highest BCUT2D eigenvalue weighted by molar-refractivity contribution is 5.90. The van der Waals surface area contributed by atoms with Crippen molar-refractivity contribution >= 4 is 23.9 Å². The van der Waals surface area contributed by atoms with Gasteiger partial charge in [0.05, 0.1) is 22.3 Å². The number of ether oxygens (including phenoxy) is 5. The van der Waals surface area contributed by atoms with E-state index in [1.165, 1.54) is 20.0 Å². The number of hydrogen-bond donors (Lipinski definition) is 0. The van der Waals surface area contributed by atoms with E-state index in [-0.39, 0.29) is 24.0 Å². The fourth-order valence-corrected chi connectivity index (χ4v) is 7.49. The summed E-state index contributed by atoms with van der Waals surface area (Å²) in [5.74, 6) is -2.88. The molecule has 1 saturated heterocycles. The Hall–Kier alpha value is -3.79. The van der Waals surface area contributed by atoms with E-state index in [4.69, 9.17) is 23.7 Å². The van der Waals surface area contributed by atoms with Crippen LogP contribution in [0.1, 0.15) is 74.6 Å². The van der Waals surface area contributed by atoms with Crippen LogP contribution < -0.4 is 0 Å². The lowest BCUT2D eigenvalue weighted by atomic mass is 9.49. The van der Waals surface area contributed by atoms with Crippen LogP contribution in [0.25, 0.3) is 0 Å². The van der Waals surface area contributed by atoms with E-state index in [2.05, 4.69) is 4.98 Å². The second-order valence-electron chi connectivity index (χ2n) is 12.1. The summed E-state index contributed by atoms with van der Waals surface area (Å²) in [7, 11) is 0. The number of benzene rings is 1. The molecule has 224 valence electrons. The van der Waals surface area contributed by atoms with Crippen molar-refractivity contribution in [2.45, 2.75) is 83.4 Å². The van der Waals surface area contributed by atoms with Gasteiger partial charge in [0, 0.05) is 32.2 Å². The highest BCUT2D eigenvalue weighted by Crippen LogP contribution is 2.67. The summed E-state index contributed by atoms with van der Waals surface area (Å²) in [6.07, 6.45) is 1.37. The number of aromatic nitrogens is 1. The molecule has 10 heteroatoms.